The average Bonchev–Trinajstić information content (AvgIpc) is 3.41. The molecule has 2 N–H and O–H groups in total. The van der Waals surface area contributed by atoms with Crippen molar-refractivity contribution in [3.63, 3.8) is 0 Å². The third kappa shape index (κ3) is 7.45. The molecule has 0 spiro atoms. The van der Waals surface area contributed by atoms with E-state index >= 15 is 0 Å². The normalized spacial score (nSPS) is 21.4. The molecule has 7 nitrogen and oxygen atoms in total. The van der Waals surface area contributed by atoms with Crippen molar-refractivity contribution in [1.29, 1.82) is 0 Å². The van der Waals surface area contributed by atoms with Crippen LogP contribution in [0.4, 0.5) is 5.69 Å². The summed E-state index contributed by atoms with van der Waals surface area (Å²) in [5, 5.41) is 11.5. The molecule has 1 unspecified atom stereocenters. The van der Waals surface area contributed by atoms with Gasteiger partial charge in [0.25, 0.3) is 11.9 Å². The van der Waals surface area contributed by atoms with Crippen LogP contribution >= 0.6 is 0 Å². The van der Waals surface area contributed by atoms with Crippen molar-refractivity contribution in [3.8, 4) is 11.1 Å². The van der Waals surface area contributed by atoms with Crippen LogP contribution in [0.1, 0.15) is 80.4 Å². The Balaban J connectivity index is 1.37. The van der Waals surface area contributed by atoms with E-state index < -0.39 is 5.97 Å². The van der Waals surface area contributed by atoms with E-state index in [1.54, 1.807) is 12.1 Å². The molecule has 1 heterocycles. The van der Waals surface area contributed by atoms with E-state index in [2.05, 4.69) is 74.3 Å². The number of rotatable bonds is 8. The molecule has 0 radical (unpaired) electrons. The molecular weight excluding hydrogens is 538 g/mol. The third-order valence-corrected chi connectivity index (χ3v) is 8.90. The molecule has 2 aliphatic rings. The van der Waals surface area contributed by atoms with Crippen LogP contribution in [0, 0.1) is 18.3 Å². The Morgan fingerprint density at radius 2 is 1.51 bits per heavy atom. The van der Waals surface area contributed by atoms with Gasteiger partial charge in [-0.25, -0.2) is 0 Å². The van der Waals surface area contributed by atoms with Crippen LogP contribution in [0.2, 0.25) is 0 Å². The molecule has 1 saturated heterocycles. The summed E-state index contributed by atoms with van der Waals surface area (Å²) in [5.41, 5.74) is 6.30. The first kappa shape index (κ1) is 30.3. The topological polar surface area (TPSA) is 91.2 Å². The van der Waals surface area contributed by atoms with Gasteiger partial charge in [-0.1, -0.05) is 74.9 Å². The van der Waals surface area contributed by atoms with Crippen molar-refractivity contribution in [2.45, 2.75) is 71.9 Å². The average molecular weight is 582 g/mol. The number of amides is 1. The molecule has 1 aliphatic carbocycles. The lowest BCUT2D eigenvalue weighted by Gasteiger charge is -2.41. The van der Waals surface area contributed by atoms with E-state index in [0.717, 1.165) is 29.7 Å². The second-order valence-corrected chi connectivity index (χ2v) is 12.9. The Hall–Kier alpha value is -4.13. The number of benzene rings is 3. The first-order chi connectivity index (χ1) is 20.6. The summed E-state index contributed by atoms with van der Waals surface area (Å²) in [6.07, 6.45) is 4.40. The predicted molar refractivity (Wildman–Crippen MR) is 170 cm³/mol. The van der Waals surface area contributed by atoms with Gasteiger partial charge in [-0.15, -0.1) is 0 Å². The van der Waals surface area contributed by atoms with Crippen LogP contribution in [-0.2, 0) is 9.53 Å². The molecule has 2 fully saturated rings. The van der Waals surface area contributed by atoms with Gasteiger partial charge in [0.2, 0.25) is 0 Å². The molecule has 3 aromatic carbocycles. The molecule has 0 aromatic heterocycles. The highest BCUT2D eigenvalue weighted by Gasteiger charge is 2.40. The highest BCUT2D eigenvalue weighted by Crippen LogP contribution is 2.42. The largest absolute Gasteiger partial charge is 0.481 e. The Morgan fingerprint density at radius 1 is 0.907 bits per heavy atom. The predicted octanol–water partition coefficient (Wildman–Crippen LogP) is 7.53. The fourth-order valence-corrected chi connectivity index (χ4v) is 6.25. The number of hydrogen-bond donors (Lipinski definition) is 2. The van der Waals surface area contributed by atoms with Crippen LogP contribution in [0.25, 0.3) is 11.1 Å². The van der Waals surface area contributed by atoms with E-state index in [0.29, 0.717) is 35.6 Å². The number of aliphatic carboxylic acids is 1. The SMILES string of the molecule is Cc1ccc(-c2ccc(/N=C3\OCC(c4ccc(C(=O)NCCC(=O)O)cc4)N3C3CCC(C(C)(C)C)CC3)cc2)cc1. The van der Waals surface area contributed by atoms with Gasteiger partial charge < -0.3 is 20.1 Å². The number of carboxylic acids is 1. The van der Waals surface area contributed by atoms with Crippen LogP contribution in [-0.4, -0.2) is 47.1 Å². The molecule has 43 heavy (non-hydrogen) atoms. The van der Waals surface area contributed by atoms with Crippen molar-refractivity contribution >= 4 is 23.6 Å². The molecule has 7 heteroatoms. The van der Waals surface area contributed by atoms with E-state index in [9.17, 15) is 9.59 Å². The summed E-state index contributed by atoms with van der Waals surface area (Å²) in [7, 11) is 0. The molecule has 3 aromatic rings. The van der Waals surface area contributed by atoms with Crippen molar-refractivity contribution in [3.05, 3.63) is 89.5 Å². The van der Waals surface area contributed by atoms with Gasteiger partial charge in [-0.2, -0.15) is 4.99 Å². The fourth-order valence-electron chi connectivity index (χ4n) is 6.25. The second-order valence-electron chi connectivity index (χ2n) is 12.9. The summed E-state index contributed by atoms with van der Waals surface area (Å²) in [5.74, 6) is -0.517. The lowest BCUT2D eigenvalue weighted by molar-refractivity contribution is -0.136. The van der Waals surface area contributed by atoms with Crippen molar-refractivity contribution in [2.75, 3.05) is 13.2 Å². The number of nitrogens with one attached hydrogen (secondary N) is 1. The zero-order chi connectivity index (χ0) is 30.6. The van der Waals surface area contributed by atoms with Gasteiger partial charge in [0.15, 0.2) is 0 Å². The molecule has 1 aliphatic heterocycles. The van der Waals surface area contributed by atoms with Crippen molar-refractivity contribution in [2.24, 2.45) is 16.3 Å². The standard InChI is InChI=1S/C36H43N3O4/c1-24-5-7-25(8-6-24)26-13-17-30(18-14-26)38-35-39(31-19-15-29(16-20-31)36(2,3)4)32(23-43-35)27-9-11-28(12-10-27)34(42)37-22-21-33(40)41/h5-14,17-18,29,31-32H,15-16,19-23H2,1-4H3,(H,37,42)(H,40,41)/b38-35-. The number of carbonyl (C=O) groups is 2. The minimum atomic E-state index is -0.937. The molecule has 1 amide bonds. The number of hydrogen-bond acceptors (Lipinski definition) is 4. The van der Waals surface area contributed by atoms with E-state index in [1.165, 1.54) is 24.0 Å². The van der Waals surface area contributed by atoms with Gasteiger partial charge in [0.05, 0.1) is 18.2 Å². The molecule has 1 saturated carbocycles. The van der Waals surface area contributed by atoms with E-state index in [1.807, 2.05) is 24.3 Å². The molecule has 1 atom stereocenters. The quantitative estimate of drug-likeness (QED) is 0.287. The third-order valence-electron chi connectivity index (χ3n) is 8.90. The van der Waals surface area contributed by atoms with Gasteiger partial charge in [-0.3, -0.25) is 9.59 Å². The lowest BCUT2D eigenvalue weighted by Crippen LogP contribution is -2.42. The van der Waals surface area contributed by atoms with Crippen LogP contribution in [0.3, 0.4) is 0 Å². The van der Waals surface area contributed by atoms with Crippen molar-refractivity contribution < 1.29 is 19.4 Å². The zero-order valence-corrected chi connectivity index (χ0v) is 25.7. The summed E-state index contributed by atoms with van der Waals surface area (Å²) in [6, 6.07) is 25.4. The maximum absolute atomic E-state index is 12.5. The monoisotopic (exact) mass is 581 g/mol. The van der Waals surface area contributed by atoms with Crippen molar-refractivity contribution in [1.82, 2.24) is 10.2 Å². The number of aliphatic imine (C=N–C) groups is 1. The fraction of sp³-hybridized carbons (Fsp3) is 0.417. The summed E-state index contributed by atoms with van der Waals surface area (Å²) < 4.78 is 6.31. The number of carbonyl (C=O) groups excluding carboxylic acids is 1. The molecular formula is C36H43N3O4. The van der Waals surface area contributed by atoms with Gasteiger partial charge in [0.1, 0.15) is 6.61 Å². The van der Waals surface area contributed by atoms with Gasteiger partial charge in [-0.05, 0) is 84.9 Å². The van der Waals surface area contributed by atoms with E-state index in [4.69, 9.17) is 14.8 Å². The van der Waals surface area contributed by atoms with Gasteiger partial charge >= 0.3 is 5.97 Å². The highest BCUT2D eigenvalue weighted by atomic mass is 16.5. The van der Waals surface area contributed by atoms with Gasteiger partial charge in [0, 0.05) is 18.2 Å². The lowest BCUT2D eigenvalue weighted by atomic mass is 9.71. The first-order valence-corrected chi connectivity index (χ1v) is 15.4. The Bertz CT molecular complexity index is 1430. The Labute approximate surface area is 255 Å². The van der Waals surface area contributed by atoms with Crippen LogP contribution < -0.4 is 5.32 Å². The maximum atomic E-state index is 12.5. The number of aryl methyl sites for hydroxylation is 1. The minimum absolute atomic E-state index is 0.00844. The highest BCUT2D eigenvalue weighted by molar-refractivity contribution is 5.94. The zero-order valence-electron chi connectivity index (χ0n) is 25.7. The summed E-state index contributed by atoms with van der Waals surface area (Å²) in [4.78, 5) is 30.7. The molecule has 0 bridgehead atoms. The Morgan fingerprint density at radius 3 is 2.09 bits per heavy atom. The smallest absolute Gasteiger partial charge is 0.305 e. The maximum Gasteiger partial charge on any atom is 0.305 e. The summed E-state index contributed by atoms with van der Waals surface area (Å²) >= 11 is 0. The van der Waals surface area contributed by atoms with E-state index in [-0.39, 0.29) is 24.9 Å². The second kappa shape index (κ2) is 13.0. The number of ether oxygens (including phenoxy) is 1. The van der Waals surface area contributed by atoms with Crippen LogP contribution in [0.15, 0.2) is 77.8 Å². The van der Waals surface area contributed by atoms with Crippen LogP contribution in [0.5, 0.6) is 0 Å². The number of carboxylic acid groups (broad SMARTS) is 1. The number of nitrogens with zero attached hydrogens (tertiary/aromatic N) is 2. The number of amidine groups is 1. The summed E-state index contributed by atoms with van der Waals surface area (Å²) in [6.45, 7) is 9.70. The minimum Gasteiger partial charge on any atom is -0.481 e. The molecule has 226 valence electrons. The molecule has 5 rings (SSSR count). The first-order valence-electron chi connectivity index (χ1n) is 15.4. The Kier molecular flexibility index (Phi) is 9.19.